The Bertz CT molecular complexity index is 543. The summed E-state index contributed by atoms with van der Waals surface area (Å²) in [7, 11) is 1.85. The van der Waals surface area contributed by atoms with Crippen LogP contribution in [0, 0.1) is 5.92 Å². The van der Waals surface area contributed by atoms with Gasteiger partial charge in [0.25, 0.3) is 0 Å². The molecule has 0 radical (unpaired) electrons. The molecule has 1 aliphatic heterocycles. The van der Waals surface area contributed by atoms with E-state index in [0.717, 1.165) is 37.9 Å². The van der Waals surface area contributed by atoms with Crippen LogP contribution in [0.4, 0.5) is 4.79 Å². The van der Waals surface area contributed by atoms with Gasteiger partial charge in [-0.2, -0.15) is 0 Å². The summed E-state index contributed by atoms with van der Waals surface area (Å²) in [5, 5.41) is 21.1. The van der Waals surface area contributed by atoms with E-state index >= 15 is 0 Å². The number of hydrogen-bond acceptors (Lipinski definition) is 5. The number of nitrogens with one attached hydrogen (secondary N) is 1. The Morgan fingerprint density at radius 3 is 2.74 bits per heavy atom. The van der Waals surface area contributed by atoms with E-state index in [-0.39, 0.29) is 23.4 Å². The Morgan fingerprint density at radius 1 is 1.30 bits per heavy atom. The highest BCUT2D eigenvalue weighted by atomic mass is 32.2. The van der Waals surface area contributed by atoms with Crippen molar-refractivity contribution in [3.8, 4) is 0 Å². The second-order valence-corrected chi connectivity index (χ2v) is 9.54. The molecule has 0 bridgehead atoms. The molecule has 0 unspecified atom stereocenters. The average molecular weight is 400 g/mol. The SMILES string of the molecule is CN1C(=O)N(NC[C@@H](O)C2CCCCC2)[C@H]2CCC[C@]21SCCCC(=O)O. The normalized spacial score (nSPS) is 30.0. The molecule has 27 heavy (non-hydrogen) atoms. The van der Waals surface area contributed by atoms with Crippen molar-refractivity contribution in [1.82, 2.24) is 15.3 Å². The van der Waals surface area contributed by atoms with Gasteiger partial charge in [-0.15, -0.1) is 11.8 Å². The monoisotopic (exact) mass is 399 g/mol. The van der Waals surface area contributed by atoms with Gasteiger partial charge in [-0.25, -0.2) is 10.2 Å². The average Bonchev–Trinajstić information content (AvgIpc) is 3.16. The first kappa shape index (κ1) is 20.7. The van der Waals surface area contributed by atoms with E-state index in [1.54, 1.807) is 16.8 Å². The van der Waals surface area contributed by atoms with Crippen LogP contribution in [0.3, 0.4) is 0 Å². The number of nitrogens with zero attached hydrogens (tertiary/aromatic N) is 2. The zero-order chi connectivity index (χ0) is 19.4. The Labute approximate surface area is 165 Å². The van der Waals surface area contributed by atoms with Gasteiger partial charge in [-0.3, -0.25) is 9.80 Å². The Kier molecular flexibility index (Phi) is 6.92. The Morgan fingerprint density at radius 2 is 2.04 bits per heavy atom. The molecule has 0 aromatic carbocycles. The van der Waals surface area contributed by atoms with Crippen molar-refractivity contribution in [2.45, 2.75) is 81.2 Å². The largest absolute Gasteiger partial charge is 0.481 e. The highest BCUT2D eigenvalue weighted by Gasteiger charge is 2.58. The van der Waals surface area contributed by atoms with E-state index in [1.807, 2.05) is 11.9 Å². The minimum atomic E-state index is -0.771. The number of carbonyl (C=O) groups excluding carboxylic acids is 1. The number of carboxylic acid groups (broad SMARTS) is 1. The molecule has 0 spiro atoms. The topological polar surface area (TPSA) is 93.1 Å². The maximum atomic E-state index is 12.9. The number of urea groups is 1. The molecule has 2 amide bonds. The molecule has 3 aliphatic rings. The first-order valence-electron chi connectivity index (χ1n) is 10.3. The predicted octanol–water partition coefficient (Wildman–Crippen LogP) is 2.65. The molecule has 154 valence electrons. The molecular weight excluding hydrogens is 366 g/mol. The van der Waals surface area contributed by atoms with Crippen molar-refractivity contribution in [3.63, 3.8) is 0 Å². The summed E-state index contributed by atoms with van der Waals surface area (Å²) in [5.41, 5.74) is 3.25. The van der Waals surface area contributed by atoms with Crippen LogP contribution in [0.1, 0.15) is 64.2 Å². The minimum absolute atomic E-state index is 0.0405. The van der Waals surface area contributed by atoms with Gasteiger partial charge in [-0.05, 0) is 50.2 Å². The van der Waals surface area contributed by atoms with Crippen molar-refractivity contribution in [2.24, 2.45) is 5.92 Å². The molecule has 1 heterocycles. The van der Waals surface area contributed by atoms with Gasteiger partial charge in [0.1, 0.15) is 4.87 Å². The summed E-state index contributed by atoms with van der Waals surface area (Å²) >= 11 is 1.72. The lowest BCUT2D eigenvalue weighted by atomic mass is 9.85. The molecule has 3 rings (SSSR count). The first-order chi connectivity index (χ1) is 13.0. The standard InChI is InChI=1S/C19H33N3O4S/c1-21-18(26)22(20-13-15(23)14-7-3-2-4-8-14)16-9-5-11-19(16,21)27-12-6-10-17(24)25/h14-16,20,23H,2-13H2,1H3,(H,24,25)/t15-,16+,19+/m1/s1. The number of carboxylic acids is 1. The zero-order valence-electron chi connectivity index (χ0n) is 16.2. The fourth-order valence-corrected chi connectivity index (χ4v) is 6.53. The number of aliphatic carboxylic acids is 1. The van der Waals surface area contributed by atoms with Gasteiger partial charge in [0.15, 0.2) is 0 Å². The molecule has 3 fully saturated rings. The third kappa shape index (κ3) is 4.38. The lowest BCUT2D eigenvalue weighted by Crippen LogP contribution is -2.50. The van der Waals surface area contributed by atoms with Gasteiger partial charge in [0.05, 0.1) is 12.1 Å². The molecule has 2 aliphatic carbocycles. The van der Waals surface area contributed by atoms with Crippen molar-refractivity contribution < 1.29 is 19.8 Å². The van der Waals surface area contributed by atoms with Gasteiger partial charge >= 0.3 is 12.0 Å². The lowest BCUT2D eigenvalue weighted by Gasteiger charge is -2.34. The van der Waals surface area contributed by atoms with Crippen molar-refractivity contribution in [2.75, 3.05) is 19.3 Å². The van der Waals surface area contributed by atoms with Gasteiger partial charge in [0, 0.05) is 20.0 Å². The number of rotatable bonds is 9. The summed E-state index contributed by atoms with van der Waals surface area (Å²) in [6.45, 7) is 0.417. The van der Waals surface area contributed by atoms with Gasteiger partial charge in [-0.1, -0.05) is 19.3 Å². The predicted molar refractivity (Wildman–Crippen MR) is 105 cm³/mol. The summed E-state index contributed by atoms with van der Waals surface area (Å²) < 4.78 is 0. The molecule has 8 heteroatoms. The van der Waals surface area contributed by atoms with E-state index in [2.05, 4.69) is 5.43 Å². The molecular formula is C19H33N3O4S. The summed E-state index contributed by atoms with van der Waals surface area (Å²) in [6.07, 6.45) is 9.07. The van der Waals surface area contributed by atoms with Crippen LogP contribution in [0.15, 0.2) is 0 Å². The highest BCUT2D eigenvalue weighted by molar-refractivity contribution is 8.00. The van der Waals surface area contributed by atoms with Gasteiger partial charge < -0.3 is 15.1 Å². The maximum absolute atomic E-state index is 12.9. The van der Waals surface area contributed by atoms with Crippen LogP contribution in [-0.2, 0) is 4.79 Å². The number of fused-ring (bicyclic) bond motifs is 1. The number of carbonyl (C=O) groups is 2. The third-order valence-electron chi connectivity index (χ3n) is 6.46. The van der Waals surface area contributed by atoms with Crippen molar-refractivity contribution in [1.29, 1.82) is 0 Å². The molecule has 2 saturated carbocycles. The summed E-state index contributed by atoms with van der Waals surface area (Å²) in [5.74, 6) is 0.297. The lowest BCUT2D eigenvalue weighted by molar-refractivity contribution is -0.137. The van der Waals surface area contributed by atoms with Crippen LogP contribution in [0.25, 0.3) is 0 Å². The number of likely N-dealkylation sites (N-methyl/N-ethyl adjacent to an activating group) is 1. The quantitative estimate of drug-likeness (QED) is 0.516. The molecule has 0 aromatic heterocycles. The first-order valence-corrected chi connectivity index (χ1v) is 11.3. The van der Waals surface area contributed by atoms with Crippen LogP contribution >= 0.6 is 11.8 Å². The summed E-state index contributed by atoms with van der Waals surface area (Å²) in [4.78, 5) is 25.2. The number of hydrazine groups is 1. The molecule has 3 atom stereocenters. The highest BCUT2D eigenvalue weighted by Crippen LogP contribution is 2.50. The smallest absolute Gasteiger partial charge is 0.335 e. The van der Waals surface area contributed by atoms with Crippen LogP contribution in [-0.4, -0.2) is 68.5 Å². The minimum Gasteiger partial charge on any atom is -0.481 e. The second kappa shape index (κ2) is 9.01. The number of aliphatic hydroxyl groups excluding tert-OH is 1. The molecule has 0 aromatic rings. The van der Waals surface area contributed by atoms with E-state index in [9.17, 15) is 14.7 Å². The maximum Gasteiger partial charge on any atom is 0.335 e. The molecule has 1 saturated heterocycles. The summed E-state index contributed by atoms with van der Waals surface area (Å²) in [6, 6.07) is 0.0321. The van der Waals surface area contributed by atoms with E-state index in [4.69, 9.17) is 5.11 Å². The van der Waals surface area contributed by atoms with Crippen LogP contribution in [0.2, 0.25) is 0 Å². The van der Waals surface area contributed by atoms with Crippen molar-refractivity contribution >= 4 is 23.8 Å². The number of thioether (sulfide) groups is 1. The van der Waals surface area contributed by atoms with Crippen LogP contribution in [0.5, 0.6) is 0 Å². The van der Waals surface area contributed by atoms with E-state index in [0.29, 0.717) is 18.9 Å². The number of hydrogen-bond donors (Lipinski definition) is 3. The Hall–Kier alpha value is -0.990. The van der Waals surface area contributed by atoms with Gasteiger partial charge in [0.2, 0.25) is 0 Å². The van der Waals surface area contributed by atoms with Crippen LogP contribution < -0.4 is 5.43 Å². The number of aliphatic hydroxyl groups is 1. The molecule has 7 nitrogen and oxygen atoms in total. The zero-order valence-corrected chi connectivity index (χ0v) is 17.0. The molecule has 3 N–H and O–H groups in total. The van der Waals surface area contributed by atoms with E-state index < -0.39 is 12.1 Å². The number of amides is 2. The van der Waals surface area contributed by atoms with Crippen molar-refractivity contribution in [3.05, 3.63) is 0 Å². The fourth-order valence-electron chi connectivity index (χ4n) is 4.91. The fraction of sp³-hybridized carbons (Fsp3) is 0.895. The van der Waals surface area contributed by atoms with E-state index in [1.165, 1.54) is 19.3 Å². The second-order valence-electron chi connectivity index (χ2n) is 8.14. The third-order valence-corrected chi connectivity index (χ3v) is 8.20. The Balaban J connectivity index is 1.58.